The van der Waals surface area contributed by atoms with Crippen molar-refractivity contribution in [1.29, 1.82) is 0 Å². The highest BCUT2D eigenvalue weighted by atomic mass is 16.7. The van der Waals surface area contributed by atoms with Gasteiger partial charge in [-0.05, 0) is 66.7 Å². The second kappa shape index (κ2) is 15.7. The normalized spacial score (nSPS) is 17.9. The minimum absolute atomic E-state index is 0.0618. The van der Waals surface area contributed by atoms with Crippen molar-refractivity contribution in [2.75, 3.05) is 19.0 Å². The van der Waals surface area contributed by atoms with Gasteiger partial charge in [-0.15, -0.1) is 0 Å². The lowest BCUT2D eigenvalue weighted by Gasteiger charge is -2.25. The number of methoxy groups -OCH3 is 1. The third-order valence-corrected chi connectivity index (χ3v) is 7.88. The Morgan fingerprint density at radius 2 is 1.22 bits per heavy atom. The number of carbonyl (C=O) groups is 4. The summed E-state index contributed by atoms with van der Waals surface area (Å²) in [6.45, 7) is -0.436. The molecule has 2 heterocycles. The number of nitrogens with one attached hydrogen (secondary N) is 1. The summed E-state index contributed by atoms with van der Waals surface area (Å²) in [5.41, 5.74) is 0.0630. The second-order valence-corrected chi connectivity index (χ2v) is 11.2. The molecule has 6 rings (SSSR count). The summed E-state index contributed by atoms with van der Waals surface area (Å²) in [4.78, 5) is 70.0. The van der Waals surface area contributed by atoms with E-state index in [1.807, 2.05) is 0 Å². The average Bonchev–Trinajstić information content (AvgIpc) is 3.50. The standard InChI is InChI=1S/C38H31N3O10/c1-47-28-19-17-24(18-20-28)33(42)39-30-21-22-41(38(46)40-30)34-32(51-37(45)27-15-9-4-10-16-27)31(50-36(44)26-13-7-3-8-14-26)29(49-34)23-48-35(43)25-11-5-2-6-12-25/h2-22,29,31-32,34H,23H2,1H3,(H,39,40,42,46)/t29-,31-,32-,34-/m0/s1. The van der Waals surface area contributed by atoms with Crippen molar-refractivity contribution in [2.24, 2.45) is 0 Å². The van der Waals surface area contributed by atoms with Crippen LogP contribution in [0, 0.1) is 0 Å². The predicted molar refractivity (Wildman–Crippen MR) is 181 cm³/mol. The molecule has 0 aliphatic carbocycles. The van der Waals surface area contributed by atoms with E-state index in [2.05, 4.69) is 10.3 Å². The van der Waals surface area contributed by atoms with Gasteiger partial charge in [0.2, 0.25) is 0 Å². The fourth-order valence-corrected chi connectivity index (χ4v) is 5.29. The fraction of sp³-hybridized carbons (Fsp3) is 0.158. The minimum Gasteiger partial charge on any atom is -0.497 e. The SMILES string of the molecule is COc1ccc(C(=O)Nc2ccn([C@H]3O[C@@H](COC(=O)c4ccccc4)[C@H](OC(=O)c4ccccc4)[C@@H]3OC(=O)c3ccccc3)c(=O)n2)cc1. The van der Waals surface area contributed by atoms with Gasteiger partial charge in [-0.1, -0.05) is 54.6 Å². The molecule has 1 aliphatic heterocycles. The van der Waals surface area contributed by atoms with E-state index in [-0.39, 0.29) is 22.5 Å². The third kappa shape index (κ3) is 8.17. The molecular formula is C38H31N3O10. The molecule has 0 radical (unpaired) electrons. The monoisotopic (exact) mass is 689 g/mol. The quantitative estimate of drug-likeness (QED) is 0.151. The van der Waals surface area contributed by atoms with Gasteiger partial charge >= 0.3 is 23.6 Å². The van der Waals surface area contributed by atoms with E-state index in [1.165, 1.54) is 31.5 Å². The van der Waals surface area contributed by atoms with Crippen LogP contribution in [0.25, 0.3) is 0 Å². The van der Waals surface area contributed by atoms with Crippen LogP contribution in [-0.4, -0.2) is 65.4 Å². The fourth-order valence-electron chi connectivity index (χ4n) is 5.29. The number of hydrogen-bond donors (Lipinski definition) is 1. The van der Waals surface area contributed by atoms with Crippen molar-refractivity contribution in [1.82, 2.24) is 9.55 Å². The largest absolute Gasteiger partial charge is 0.497 e. The summed E-state index contributed by atoms with van der Waals surface area (Å²) >= 11 is 0. The highest BCUT2D eigenvalue weighted by Crippen LogP contribution is 2.35. The molecule has 5 aromatic rings. The molecule has 51 heavy (non-hydrogen) atoms. The number of ether oxygens (including phenoxy) is 5. The number of hydrogen-bond acceptors (Lipinski definition) is 11. The zero-order chi connectivity index (χ0) is 35.7. The van der Waals surface area contributed by atoms with Crippen molar-refractivity contribution in [3.63, 3.8) is 0 Å². The zero-order valence-electron chi connectivity index (χ0n) is 27.1. The van der Waals surface area contributed by atoms with Gasteiger partial charge in [0, 0.05) is 11.8 Å². The average molecular weight is 690 g/mol. The Hall–Kier alpha value is -6.60. The van der Waals surface area contributed by atoms with E-state index in [0.29, 0.717) is 11.3 Å². The Bertz CT molecular complexity index is 2060. The van der Waals surface area contributed by atoms with Crippen LogP contribution in [0.15, 0.2) is 132 Å². The van der Waals surface area contributed by atoms with E-state index in [4.69, 9.17) is 23.7 Å². The molecule has 1 amide bonds. The summed E-state index contributed by atoms with van der Waals surface area (Å²) in [5.74, 6) is -2.26. The van der Waals surface area contributed by atoms with Crippen LogP contribution in [0.3, 0.4) is 0 Å². The van der Waals surface area contributed by atoms with Crippen LogP contribution in [0.2, 0.25) is 0 Å². The van der Waals surface area contributed by atoms with Crippen LogP contribution in [0.5, 0.6) is 5.75 Å². The van der Waals surface area contributed by atoms with E-state index in [0.717, 1.165) is 4.57 Å². The number of nitrogens with zero attached hydrogens (tertiary/aromatic N) is 2. The number of amides is 1. The van der Waals surface area contributed by atoms with E-state index >= 15 is 0 Å². The molecule has 1 saturated heterocycles. The topological polar surface area (TPSA) is 161 Å². The molecule has 0 saturated carbocycles. The molecule has 1 fully saturated rings. The van der Waals surface area contributed by atoms with E-state index < -0.39 is 60.7 Å². The molecular weight excluding hydrogens is 658 g/mol. The Morgan fingerprint density at radius 1 is 0.686 bits per heavy atom. The molecule has 0 spiro atoms. The van der Waals surface area contributed by atoms with Gasteiger partial charge in [-0.25, -0.2) is 19.2 Å². The smallest absolute Gasteiger partial charge is 0.351 e. The molecule has 258 valence electrons. The van der Waals surface area contributed by atoms with Crippen molar-refractivity contribution in [3.8, 4) is 5.75 Å². The first-order chi connectivity index (χ1) is 24.8. The summed E-state index contributed by atoms with van der Waals surface area (Å²) in [6.07, 6.45) is -4.10. The summed E-state index contributed by atoms with van der Waals surface area (Å²) in [7, 11) is 1.50. The molecule has 1 N–H and O–H groups in total. The Labute approximate surface area is 291 Å². The van der Waals surface area contributed by atoms with Crippen molar-refractivity contribution >= 4 is 29.6 Å². The van der Waals surface area contributed by atoms with Crippen molar-refractivity contribution in [3.05, 3.63) is 160 Å². The van der Waals surface area contributed by atoms with Crippen molar-refractivity contribution < 1.29 is 42.9 Å². The lowest BCUT2D eigenvalue weighted by atomic mass is 10.1. The van der Waals surface area contributed by atoms with Crippen LogP contribution in [-0.2, 0) is 18.9 Å². The number of anilines is 1. The van der Waals surface area contributed by atoms with Gasteiger partial charge in [-0.2, -0.15) is 4.98 Å². The van der Waals surface area contributed by atoms with Gasteiger partial charge in [0.1, 0.15) is 24.3 Å². The Balaban J connectivity index is 1.31. The zero-order valence-corrected chi connectivity index (χ0v) is 27.1. The maximum absolute atomic E-state index is 13.5. The molecule has 13 heteroatoms. The molecule has 0 unspecified atom stereocenters. The Morgan fingerprint density at radius 3 is 1.75 bits per heavy atom. The number of rotatable bonds is 11. The third-order valence-electron chi connectivity index (χ3n) is 7.88. The first kappa shape index (κ1) is 34.3. The number of carbonyl (C=O) groups excluding carboxylic acids is 4. The summed E-state index contributed by atoms with van der Waals surface area (Å²) in [5, 5.41) is 2.57. The van der Waals surface area contributed by atoms with E-state index in [1.54, 1.807) is 103 Å². The van der Waals surface area contributed by atoms with Gasteiger partial charge in [-0.3, -0.25) is 9.36 Å². The first-order valence-corrected chi connectivity index (χ1v) is 15.7. The summed E-state index contributed by atoms with van der Waals surface area (Å²) < 4.78 is 29.7. The number of esters is 3. The molecule has 1 aliphatic rings. The highest BCUT2D eigenvalue weighted by Gasteiger charge is 2.51. The lowest BCUT2D eigenvalue weighted by Crippen LogP contribution is -2.42. The predicted octanol–water partition coefficient (Wildman–Crippen LogP) is 4.71. The van der Waals surface area contributed by atoms with Crippen LogP contribution >= 0.6 is 0 Å². The van der Waals surface area contributed by atoms with Gasteiger partial charge in [0.25, 0.3) is 5.91 Å². The highest BCUT2D eigenvalue weighted by molar-refractivity contribution is 6.03. The maximum Gasteiger partial charge on any atom is 0.351 e. The minimum atomic E-state index is -1.43. The molecule has 4 aromatic carbocycles. The lowest BCUT2D eigenvalue weighted by molar-refractivity contribution is -0.0639. The first-order valence-electron chi connectivity index (χ1n) is 15.7. The van der Waals surface area contributed by atoms with E-state index in [9.17, 15) is 24.0 Å². The molecule has 4 atom stereocenters. The van der Waals surface area contributed by atoms with Crippen molar-refractivity contribution in [2.45, 2.75) is 24.5 Å². The van der Waals surface area contributed by atoms with Crippen LogP contribution < -0.4 is 15.7 Å². The van der Waals surface area contributed by atoms with Gasteiger partial charge in [0.05, 0.1) is 23.8 Å². The van der Waals surface area contributed by atoms with Gasteiger partial charge in [0.15, 0.2) is 18.4 Å². The molecule has 1 aromatic heterocycles. The summed E-state index contributed by atoms with van der Waals surface area (Å²) in [6, 6.07) is 32.1. The van der Waals surface area contributed by atoms with Crippen LogP contribution in [0.1, 0.15) is 47.7 Å². The maximum atomic E-state index is 13.5. The van der Waals surface area contributed by atoms with Gasteiger partial charge < -0.3 is 29.0 Å². The number of benzene rings is 4. The Kier molecular flexibility index (Phi) is 10.6. The molecule has 13 nitrogen and oxygen atoms in total. The molecule has 0 bridgehead atoms. The van der Waals surface area contributed by atoms with Crippen LogP contribution in [0.4, 0.5) is 5.82 Å². The number of aromatic nitrogens is 2. The second-order valence-electron chi connectivity index (χ2n) is 11.2.